The molecule has 0 saturated carbocycles. The zero-order chi connectivity index (χ0) is 22.8. The van der Waals surface area contributed by atoms with Crippen molar-refractivity contribution in [1.29, 1.82) is 5.26 Å². The summed E-state index contributed by atoms with van der Waals surface area (Å²) in [4.78, 5) is 22.9. The molecule has 1 aromatic carbocycles. The minimum Gasteiger partial charge on any atom is -0.493 e. The Morgan fingerprint density at radius 1 is 1.37 bits per heavy atom. The summed E-state index contributed by atoms with van der Waals surface area (Å²) in [5.41, 5.74) is -4.10. The van der Waals surface area contributed by atoms with Gasteiger partial charge in [0.05, 0.1) is 10.5 Å². The fourth-order valence-corrected chi connectivity index (χ4v) is 2.65. The molecule has 9 nitrogen and oxygen atoms in total. The van der Waals surface area contributed by atoms with Crippen molar-refractivity contribution in [3.8, 4) is 11.9 Å². The molecule has 12 heteroatoms. The lowest BCUT2D eigenvalue weighted by Crippen LogP contribution is -2.24. The van der Waals surface area contributed by atoms with Crippen molar-refractivity contribution >= 4 is 17.1 Å². The van der Waals surface area contributed by atoms with Gasteiger partial charge in [-0.2, -0.15) is 18.4 Å². The van der Waals surface area contributed by atoms with Gasteiger partial charge in [-0.3, -0.25) is 19.5 Å². The van der Waals surface area contributed by atoms with Crippen molar-refractivity contribution in [2.24, 2.45) is 10.2 Å². The summed E-state index contributed by atoms with van der Waals surface area (Å²) in [5, 5.41) is 38.0. The number of nitro groups is 1. The monoisotopic (exact) mass is 423 g/mol. The summed E-state index contributed by atoms with van der Waals surface area (Å²) in [5.74, 6) is -0.547. The molecule has 0 aliphatic heterocycles. The second kappa shape index (κ2) is 8.32. The molecule has 1 N–H and O–H groups in total. The molecule has 0 radical (unpaired) electrons. The molecule has 1 heterocycles. The third-order valence-corrected chi connectivity index (χ3v) is 4.50. The summed E-state index contributed by atoms with van der Waals surface area (Å²) < 4.78 is 39.4. The van der Waals surface area contributed by atoms with Gasteiger partial charge in [0.1, 0.15) is 11.6 Å². The van der Waals surface area contributed by atoms with Crippen molar-refractivity contribution in [1.82, 2.24) is 4.57 Å². The third kappa shape index (κ3) is 4.14. The highest BCUT2D eigenvalue weighted by Gasteiger charge is 2.33. The van der Waals surface area contributed by atoms with Crippen LogP contribution in [-0.2, 0) is 6.18 Å². The number of hydrogen-bond acceptors (Lipinski definition) is 7. The number of nitriles is 1. The van der Waals surface area contributed by atoms with E-state index in [1.165, 1.54) is 6.92 Å². The molecule has 0 aliphatic rings. The SMILES string of the molecule is CCC(C)n1c(O)c(C#N)c(C)c(N=Nc2ccc(C(F)(F)F)cc2[N+](=O)[O-])c1=O. The fraction of sp³-hybridized carbons (Fsp3) is 0.333. The van der Waals surface area contributed by atoms with Crippen molar-refractivity contribution in [3.05, 3.63) is 55.4 Å². The van der Waals surface area contributed by atoms with E-state index < -0.39 is 45.5 Å². The van der Waals surface area contributed by atoms with Gasteiger partial charge >= 0.3 is 6.18 Å². The minimum absolute atomic E-state index is 0.0159. The Balaban J connectivity index is 2.70. The Labute approximate surface area is 167 Å². The van der Waals surface area contributed by atoms with Crippen LogP contribution in [0.15, 0.2) is 33.2 Å². The van der Waals surface area contributed by atoms with Crippen LogP contribution in [0.5, 0.6) is 5.88 Å². The number of nitrogens with zero attached hydrogens (tertiary/aromatic N) is 5. The highest BCUT2D eigenvalue weighted by Crippen LogP contribution is 2.37. The van der Waals surface area contributed by atoms with Gasteiger partial charge in [-0.05, 0) is 32.4 Å². The van der Waals surface area contributed by atoms with Gasteiger partial charge in [-0.25, -0.2) is 0 Å². The van der Waals surface area contributed by atoms with E-state index >= 15 is 0 Å². The predicted molar refractivity (Wildman–Crippen MR) is 99.1 cm³/mol. The van der Waals surface area contributed by atoms with Crippen LogP contribution >= 0.6 is 0 Å². The molecular formula is C18H16F3N5O4. The Bertz CT molecular complexity index is 1130. The van der Waals surface area contributed by atoms with Gasteiger partial charge < -0.3 is 5.11 Å². The molecule has 0 spiro atoms. The summed E-state index contributed by atoms with van der Waals surface area (Å²) >= 11 is 0. The highest BCUT2D eigenvalue weighted by molar-refractivity contribution is 5.60. The molecule has 2 rings (SSSR count). The molecule has 2 aromatic rings. The lowest BCUT2D eigenvalue weighted by molar-refractivity contribution is -0.384. The van der Waals surface area contributed by atoms with E-state index in [2.05, 4.69) is 10.2 Å². The van der Waals surface area contributed by atoms with Gasteiger partial charge in [0, 0.05) is 17.7 Å². The van der Waals surface area contributed by atoms with Gasteiger partial charge in [-0.1, -0.05) is 6.92 Å². The number of hydrogen-bond donors (Lipinski definition) is 1. The molecule has 30 heavy (non-hydrogen) atoms. The number of benzene rings is 1. The average molecular weight is 423 g/mol. The molecular weight excluding hydrogens is 407 g/mol. The van der Waals surface area contributed by atoms with Crippen molar-refractivity contribution in [2.45, 2.75) is 39.4 Å². The molecule has 158 valence electrons. The molecule has 0 fully saturated rings. The molecule has 0 aliphatic carbocycles. The van der Waals surface area contributed by atoms with Gasteiger partial charge in [0.2, 0.25) is 5.88 Å². The lowest BCUT2D eigenvalue weighted by atomic mass is 10.1. The summed E-state index contributed by atoms with van der Waals surface area (Å²) in [6, 6.07) is 2.94. The lowest BCUT2D eigenvalue weighted by Gasteiger charge is -2.17. The first-order valence-electron chi connectivity index (χ1n) is 8.59. The van der Waals surface area contributed by atoms with Gasteiger partial charge in [0.15, 0.2) is 11.4 Å². The van der Waals surface area contributed by atoms with Crippen LogP contribution < -0.4 is 5.56 Å². The minimum atomic E-state index is -4.79. The molecule has 1 atom stereocenters. The van der Waals surface area contributed by atoms with Crippen molar-refractivity contribution in [3.63, 3.8) is 0 Å². The highest BCUT2D eigenvalue weighted by atomic mass is 19.4. The van der Waals surface area contributed by atoms with Crippen LogP contribution in [0.4, 0.5) is 30.2 Å². The quantitative estimate of drug-likeness (QED) is 0.408. The molecule has 1 unspecified atom stereocenters. The number of nitro benzene ring substituents is 1. The Kier molecular flexibility index (Phi) is 6.25. The summed E-state index contributed by atoms with van der Waals surface area (Å²) in [7, 11) is 0. The van der Waals surface area contributed by atoms with E-state index in [1.54, 1.807) is 19.9 Å². The number of rotatable bonds is 5. The Morgan fingerprint density at radius 2 is 2.00 bits per heavy atom. The van der Waals surface area contributed by atoms with Crippen LogP contribution in [0.2, 0.25) is 0 Å². The molecule has 1 aromatic heterocycles. The second-order valence-corrected chi connectivity index (χ2v) is 6.37. The zero-order valence-electron chi connectivity index (χ0n) is 16.1. The standard InChI is InChI=1S/C18H16F3N5O4/c1-4-9(2)25-16(27)12(8-22)10(3)15(17(25)28)24-23-13-6-5-11(18(19,20)21)7-14(13)26(29)30/h5-7,9,27H,4H2,1-3H3. The van der Waals surface area contributed by atoms with Crippen LogP contribution in [-0.4, -0.2) is 14.6 Å². The number of halogens is 3. The topological polar surface area (TPSA) is 134 Å². The normalized spacial score (nSPS) is 12.7. The fourth-order valence-electron chi connectivity index (χ4n) is 2.65. The Morgan fingerprint density at radius 3 is 2.50 bits per heavy atom. The van der Waals surface area contributed by atoms with Gasteiger partial charge in [0.25, 0.3) is 11.2 Å². The summed E-state index contributed by atoms with van der Waals surface area (Å²) in [6.07, 6.45) is -4.36. The van der Waals surface area contributed by atoms with E-state index in [4.69, 9.17) is 0 Å². The first kappa shape index (κ1) is 22.5. The smallest absolute Gasteiger partial charge is 0.416 e. The van der Waals surface area contributed by atoms with E-state index in [0.29, 0.717) is 18.6 Å². The average Bonchev–Trinajstić information content (AvgIpc) is 2.67. The maximum Gasteiger partial charge on any atom is 0.416 e. The second-order valence-electron chi connectivity index (χ2n) is 6.37. The Hall–Kier alpha value is -3.75. The van der Waals surface area contributed by atoms with E-state index in [9.17, 15) is 38.4 Å². The first-order valence-corrected chi connectivity index (χ1v) is 8.59. The van der Waals surface area contributed by atoms with E-state index in [-0.39, 0.29) is 16.8 Å². The van der Waals surface area contributed by atoms with Crippen LogP contribution in [0.1, 0.15) is 43.0 Å². The van der Waals surface area contributed by atoms with Crippen LogP contribution in [0, 0.1) is 28.4 Å². The first-order chi connectivity index (χ1) is 13.9. The number of aromatic hydroxyl groups is 1. The van der Waals surface area contributed by atoms with Crippen LogP contribution in [0.3, 0.4) is 0 Å². The number of azo groups is 1. The third-order valence-electron chi connectivity index (χ3n) is 4.50. The molecule has 0 amide bonds. The van der Waals surface area contributed by atoms with E-state index in [1.807, 2.05) is 0 Å². The van der Waals surface area contributed by atoms with E-state index in [0.717, 1.165) is 10.6 Å². The zero-order valence-corrected chi connectivity index (χ0v) is 16.1. The predicted octanol–water partition coefficient (Wildman–Crippen LogP) is 5.05. The number of alkyl halides is 3. The molecule has 0 saturated heterocycles. The van der Waals surface area contributed by atoms with Crippen molar-refractivity contribution in [2.75, 3.05) is 0 Å². The van der Waals surface area contributed by atoms with Crippen molar-refractivity contribution < 1.29 is 23.2 Å². The van der Waals surface area contributed by atoms with Crippen LogP contribution in [0.25, 0.3) is 0 Å². The summed E-state index contributed by atoms with van der Waals surface area (Å²) in [6.45, 7) is 4.70. The largest absolute Gasteiger partial charge is 0.493 e. The van der Waals surface area contributed by atoms with Gasteiger partial charge in [-0.15, -0.1) is 10.2 Å². The maximum atomic E-state index is 12.8. The molecule has 0 bridgehead atoms. The number of aromatic nitrogens is 1. The maximum absolute atomic E-state index is 12.8. The number of pyridine rings is 1.